The van der Waals surface area contributed by atoms with Crippen molar-refractivity contribution in [2.45, 2.75) is 20.0 Å². The summed E-state index contributed by atoms with van der Waals surface area (Å²) in [5.74, 6) is -1.07. The van der Waals surface area contributed by atoms with Crippen LogP contribution in [-0.4, -0.2) is 21.2 Å². The van der Waals surface area contributed by atoms with Crippen molar-refractivity contribution in [3.63, 3.8) is 0 Å². The van der Waals surface area contributed by atoms with Crippen molar-refractivity contribution in [2.75, 3.05) is 0 Å². The maximum absolute atomic E-state index is 10.8. The molecule has 1 aromatic rings. The Balaban J connectivity index is 2.95. The van der Waals surface area contributed by atoms with E-state index < -0.39 is 17.5 Å². The molecule has 0 aliphatic heterocycles. The van der Waals surface area contributed by atoms with Crippen LogP contribution in [0.15, 0.2) is 6.20 Å². The monoisotopic (exact) mass is 235 g/mol. The SMILES string of the molecule is CC(C)(C(=O)O)C(O)c1ncc(Cl)s1. The van der Waals surface area contributed by atoms with Gasteiger partial charge in [-0.1, -0.05) is 11.6 Å². The number of thiazole rings is 1. The largest absolute Gasteiger partial charge is 0.481 e. The van der Waals surface area contributed by atoms with Gasteiger partial charge in [-0.2, -0.15) is 0 Å². The quantitative estimate of drug-likeness (QED) is 0.840. The molecule has 78 valence electrons. The van der Waals surface area contributed by atoms with Gasteiger partial charge in [0.2, 0.25) is 0 Å². The van der Waals surface area contributed by atoms with E-state index in [0.717, 1.165) is 11.3 Å². The number of aliphatic carboxylic acids is 1. The van der Waals surface area contributed by atoms with Gasteiger partial charge in [-0.25, -0.2) is 4.98 Å². The topological polar surface area (TPSA) is 70.4 Å². The van der Waals surface area contributed by atoms with Crippen LogP contribution in [0.3, 0.4) is 0 Å². The lowest BCUT2D eigenvalue weighted by Gasteiger charge is -2.23. The second-order valence-electron chi connectivity index (χ2n) is 3.43. The van der Waals surface area contributed by atoms with Gasteiger partial charge in [0.25, 0.3) is 0 Å². The first kappa shape index (κ1) is 11.4. The Morgan fingerprint density at radius 2 is 2.29 bits per heavy atom. The highest BCUT2D eigenvalue weighted by molar-refractivity contribution is 7.15. The number of nitrogens with zero attached hydrogens (tertiary/aromatic N) is 1. The van der Waals surface area contributed by atoms with E-state index >= 15 is 0 Å². The molecule has 0 radical (unpaired) electrons. The minimum atomic E-state index is -1.26. The van der Waals surface area contributed by atoms with Gasteiger partial charge >= 0.3 is 5.97 Å². The average Bonchev–Trinajstić information content (AvgIpc) is 2.50. The van der Waals surface area contributed by atoms with Crippen LogP contribution in [0.2, 0.25) is 4.34 Å². The normalized spacial score (nSPS) is 14.0. The zero-order valence-electron chi connectivity index (χ0n) is 7.69. The van der Waals surface area contributed by atoms with Gasteiger partial charge < -0.3 is 10.2 Å². The van der Waals surface area contributed by atoms with Crippen LogP contribution in [0, 0.1) is 5.41 Å². The molecule has 0 aliphatic carbocycles. The number of halogens is 1. The van der Waals surface area contributed by atoms with Crippen LogP contribution in [-0.2, 0) is 4.79 Å². The smallest absolute Gasteiger partial charge is 0.312 e. The molecule has 0 saturated carbocycles. The first-order valence-electron chi connectivity index (χ1n) is 3.88. The number of carbonyl (C=O) groups is 1. The fraction of sp³-hybridized carbons (Fsp3) is 0.500. The van der Waals surface area contributed by atoms with E-state index in [2.05, 4.69) is 4.98 Å². The van der Waals surface area contributed by atoms with E-state index in [1.54, 1.807) is 0 Å². The highest BCUT2D eigenvalue weighted by atomic mass is 35.5. The molecule has 0 amide bonds. The Morgan fingerprint density at radius 1 is 1.71 bits per heavy atom. The molecule has 14 heavy (non-hydrogen) atoms. The van der Waals surface area contributed by atoms with Crippen molar-refractivity contribution in [1.82, 2.24) is 4.98 Å². The zero-order valence-corrected chi connectivity index (χ0v) is 9.26. The summed E-state index contributed by atoms with van der Waals surface area (Å²) in [6, 6.07) is 0. The van der Waals surface area contributed by atoms with E-state index in [0.29, 0.717) is 9.34 Å². The molecule has 0 aliphatic rings. The molecule has 1 unspecified atom stereocenters. The molecule has 1 heterocycles. The van der Waals surface area contributed by atoms with Crippen LogP contribution in [0.25, 0.3) is 0 Å². The highest BCUT2D eigenvalue weighted by Gasteiger charge is 2.38. The Morgan fingerprint density at radius 3 is 2.64 bits per heavy atom. The fourth-order valence-electron chi connectivity index (χ4n) is 0.819. The zero-order chi connectivity index (χ0) is 10.9. The number of aliphatic hydroxyl groups is 1. The van der Waals surface area contributed by atoms with E-state index in [-0.39, 0.29) is 0 Å². The molecule has 0 bridgehead atoms. The molecule has 4 nitrogen and oxygen atoms in total. The first-order valence-corrected chi connectivity index (χ1v) is 5.08. The number of aliphatic hydroxyl groups excluding tert-OH is 1. The second kappa shape index (κ2) is 3.84. The van der Waals surface area contributed by atoms with Crippen molar-refractivity contribution in [3.8, 4) is 0 Å². The van der Waals surface area contributed by atoms with E-state index in [1.165, 1.54) is 20.0 Å². The molecule has 6 heteroatoms. The standard InChI is InChI=1S/C8H10ClNO3S/c1-8(2,7(12)13)5(11)6-10-3-4(9)14-6/h3,5,11H,1-2H3,(H,12,13). The summed E-state index contributed by atoms with van der Waals surface area (Å²) in [4.78, 5) is 14.7. The summed E-state index contributed by atoms with van der Waals surface area (Å²) in [6.45, 7) is 2.88. The van der Waals surface area contributed by atoms with E-state index in [4.69, 9.17) is 16.7 Å². The summed E-state index contributed by atoms with van der Waals surface area (Å²) < 4.78 is 0.431. The lowest BCUT2D eigenvalue weighted by atomic mass is 9.87. The van der Waals surface area contributed by atoms with Gasteiger partial charge in [-0.3, -0.25) is 4.79 Å². The number of carboxylic acids is 1. The molecule has 0 fully saturated rings. The molecule has 2 N–H and O–H groups in total. The van der Waals surface area contributed by atoms with Crippen molar-refractivity contribution in [2.24, 2.45) is 5.41 Å². The van der Waals surface area contributed by atoms with Crippen LogP contribution in [0.5, 0.6) is 0 Å². The van der Waals surface area contributed by atoms with Crippen LogP contribution in [0.1, 0.15) is 25.0 Å². The van der Waals surface area contributed by atoms with E-state index in [9.17, 15) is 9.90 Å². The van der Waals surface area contributed by atoms with Crippen LogP contribution < -0.4 is 0 Å². The van der Waals surface area contributed by atoms with Gasteiger partial charge in [-0.05, 0) is 13.8 Å². The maximum atomic E-state index is 10.8. The summed E-state index contributed by atoms with van der Waals surface area (Å²) in [6.07, 6.45) is 0.250. The fourth-order valence-corrected chi connectivity index (χ4v) is 1.92. The van der Waals surface area contributed by atoms with Crippen molar-refractivity contribution < 1.29 is 15.0 Å². The van der Waals surface area contributed by atoms with Crippen molar-refractivity contribution in [1.29, 1.82) is 0 Å². The molecule has 0 spiro atoms. The first-order chi connectivity index (χ1) is 6.35. The Kier molecular flexibility index (Phi) is 3.14. The van der Waals surface area contributed by atoms with Crippen LogP contribution >= 0.6 is 22.9 Å². The molecule has 1 aromatic heterocycles. The number of aromatic nitrogens is 1. The third-order valence-corrected chi connectivity index (χ3v) is 3.13. The van der Waals surface area contributed by atoms with Gasteiger partial charge in [0.1, 0.15) is 15.4 Å². The Labute approximate surface area is 90.2 Å². The Hall–Kier alpha value is -0.650. The van der Waals surface area contributed by atoms with Gasteiger partial charge in [-0.15, -0.1) is 11.3 Å². The number of carboxylic acid groups (broad SMARTS) is 1. The molecule has 0 aromatic carbocycles. The van der Waals surface area contributed by atoms with Gasteiger partial charge in [0.05, 0.1) is 11.6 Å². The minimum absolute atomic E-state index is 0.322. The summed E-state index contributed by atoms with van der Waals surface area (Å²) >= 11 is 6.71. The lowest BCUT2D eigenvalue weighted by molar-refractivity contribution is -0.153. The molecular formula is C8H10ClNO3S. The molecular weight excluding hydrogens is 226 g/mol. The molecule has 1 rings (SSSR count). The third kappa shape index (κ3) is 2.05. The number of hydrogen-bond acceptors (Lipinski definition) is 4. The van der Waals surface area contributed by atoms with Gasteiger partial charge in [0.15, 0.2) is 0 Å². The Bertz CT molecular complexity index is 350. The predicted molar refractivity (Wildman–Crippen MR) is 53.5 cm³/mol. The highest BCUT2D eigenvalue weighted by Crippen LogP contribution is 2.36. The average molecular weight is 236 g/mol. The summed E-state index contributed by atoms with van der Waals surface area (Å²) in [5.41, 5.74) is -1.26. The predicted octanol–water partition coefficient (Wildman–Crippen LogP) is 1.94. The lowest BCUT2D eigenvalue weighted by Crippen LogP contribution is -2.31. The number of hydrogen-bond donors (Lipinski definition) is 2. The minimum Gasteiger partial charge on any atom is -0.481 e. The summed E-state index contributed by atoms with van der Waals surface area (Å²) in [7, 11) is 0. The second-order valence-corrected chi connectivity index (χ2v) is 5.13. The summed E-state index contributed by atoms with van der Waals surface area (Å²) in [5, 5.41) is 18.9. The number of rotatable bonds is 3. The van der Waals surface area contributed by atoms with Crippen molar-refractivity contribution in [3.05, 3.63) is 15.5 Å². The van der Waals surface area contributed by atoms with Gasteiger partial charge in [0, 0.05) is 0 Å². The molecule has 1 atom stereocenters. The van der Waals surface area contributed by atoms with E-state index in [1.807, 2.05) is 0 Å². The van der Waals surface area contributed by atoms with Crippen LogP contribution in [0.4, 0.5) is 0 Å². The third-order valence-electron chi connectivity index (χ3n) is 1.96. The molecule has 0 saturated heterocycles. The maximum Gasteiger partial charge on any atom is 0.312 e. The van der Waals surface area contributed by atoms with Crippen molar-refractivity contribution >= 4 is 28.9 Å².